The minimum atomic E-state index is -0.981. The predicted molar refractivity (Wildman–Crippen MR) is 69.7 cm³/mol. The molecule has 0 radical (unpaired) electrons. The summed E-state index contributed by atoms with van der Waals surface area (Å²) in [6.45, 7) is 0.103. The first-order valence-electron chi connectivity index (χ1n) is 4.95. The Bertz CT molecular complexity index is 582. The minimum Gasteiger partial charge on any atom is -0.489 e. The number of aromatic carboxylic acids is 1. The molecule has 1 aromatic carbocycles. The summed E-state index contributed by atoms with van der Waals surface area (Å²) in [7, 11) is 0. The third-order valence-electron chi connectivity index (χ3n) is 2.23. The molecule has 0 spiro atoms. The second-order valence-electron chi connectivity index (χ2n) is 3.44. The molecule has 3 nitrogen and oxygen atoms in total. The first-order chi connectivity index (χ1) is 8.58. The quantitative estimate of drug-likeness (QED) is 0.923. The van der Waals surface area contributed by atoms with Crippen molar-refractivity contribution < 1.29 is 19.0 Å². The van der Waals surface area contributed by atoms with Gasteiger partial charge in [0, 0.05) is 11.6 Å². The lowest BCUT2D eigenvalue weighted by Gasteiger charge is -2.06. The molecule has 1 aromatic heterocycles. The second-order valence-corrected chi connectivity index (χ2v) is 5.22. The van der Waals surface area contributed by atoms with Crippen LogP contribution >= 0.6 is 27.3 Å². The van der Waals surface area contributed by atoms with E-state index in [1.54, 1.807) is 17.5 Å². The molecule has 0 atom stereocenters. The van der Waals surface area contributed by atoms with Crippen molar-refractivity contribution in [2.45, 2.75) is 6.61 Å². The van der Waals surface area contributed by atoms with E-state index in [-0.39, 0.29) is 11.5 Å². The van der Waals surface area contributed by atoms with Crippen molar-refractivity contribution in [2.75, 3.05) is 0 Å². The molecule has 6 heteroatoms. The van der Waals surface area contributed by atoms with Gasteiger partial charge in [0.25, 0.3) is 0 Å². The maximum atomic E-state index is 13.2. The van der Waals surface area contributed by atoms with Crippen LogP contribution in [0.25, 0.3) is 0 Å². The highest BCUT2D eigenvalue weighted by Crippen LogP contribution is 2.23. The minimum absolute atomic E-state index is 0.103. The van der Waals surface area contributed by atoms with E-state index in [4.69, 9.17) is 9.84 Å². The van der Waals surface area contributed by atoms with E-state index < -0.39 is 11.8 Å². The fraction of sp³-hybridized carbons (Fsp3) is 0.0833. The molecule has 0 aliphatic carbocycles. The maximum absolute atomic E-state index is 13.2. The molecule has 0 bridgehead atoms. The highest BCUT2D eigenvalue weighted by atomic mass is 79.9. The largest absolute Gasteiger partial charge is 0.489 e. The second kappa shape index (κ2) is 5.49. The summed E-state index contributed by atoms with van der Waals surface area (Å²) in [6, 6.07) is 6.08. The third kappa shape index (κ3) is 2.88. The van der Waals surface area contributed by atoms with Crippen LogP contribution in [0.3, 0.4) is 0 Å². The van der Waals surface area contributed by atoms with Gasteiger partial charge < -0.3 is 9.84 Å². The number of carboxylic acid groups (broad SMARTS) is 1. The monoisotopic (exact) mass is 330 g/mol. The highest BCUT2D eigenvalue weighted by molar-refractivity contribution is 9.10. The molecule has 1 N–H and O–H groups in total. The number of ether oxygens (including phenoxy) is 1. The predicted octanol–water partition coefficient (Wildman–Crippen LogP) is 3.93. The van der Waals surface area contributed by atoms with E-state index in [1.807, 2.05) is 0 Å². The van der Waals surface area contributed by atoms with Gasteiger partial charge in [-0.2, -0.15) is 0 Å². The van der Waals surface area contributed by atoms with Crippen LogP contribution in [-0.4, -0.2) is 11.1 Å². The van der Waals surface area contributed by atoms with Crippen molar-refractivity contribution >= 4 is 33.2 Å². The lowest BCUT2D eigenvalue weighted by molar-refractivity contribution is 0.0699. The Balaban J connectivity index is 2.09. The number of carboxylic acids is 1. The smallest absolute Gasteiger partial charge is 0.346 e. The van der Waals surface area contributed by atoms with Crippen LogP contribution in [0.1, 0.15) is 15.2 Å². The van der Waals surface area contributed by atoms with Crippen molar-refractivity contribution in [1.82, 2.24) is 0 Å². The highest BCUT2D eigenvalue weighted by Gasteiger charge is 2.12. The molecule has 0 aliphatic rings. The fourth-order valence-electron chi connectivity index (χ4n) is 1.36. The molecule has 0 saturated carbocycles. The van der Waals surface area contributed by atoms with Gasteiger partial charge >= 0.3 is 5.97 Å². The number of rotatable bonds is 4. The average molecular weight is 331 g/mol. The Morgan fingerprint density at radius 3 is 2.89 bits per heavy atom. The van der Waals surface area contributed by atoms with E-state index in [0.717, 1.165) is 11.3 Å². The van der Waals surface area contributed by atoms with E-state index in [9.17, 15) is 9.18 Å². The summed E-state index contributed by atoms with van der Waals surface area (Å²) in [5.41, 5.74) is 0.579. The van der Waals surface area contributed by atoms with Crippen molar-refractivity contribution in [3.63, 3.8) is 0 Å². The van der Waals surface area contributed by atoms with E-state index in [2.05, 4.69) is 15.9 Å². The Kier molecular flexibility index (Phi) is 3.98. The molecule has 1 heterocycles. The zero-order chi connectivity index (χ0) is 13.1. The molecular formula is C12H8BrFO3S. The summed E-state index contributed by atoms with van der Waals surface area (Å²) in [6.07, 6.45) is 0. The first-order valence-corrected chi connectivity index (χ1v) is 6.62. The third-order valence-corrected chi connectivity index (χ3v) is 3.81. The van der Waals surface area contributed by atoms with Crippen molar-refractivity contribution in [1.29, 1.82) is 0 Å². The lowest BCUT2D eigenvalue weighted by atomic mass is 10.2. The summed E-state index contributed by atoms with van der Waals surface area (Å²) in [5.74, 6) is -1.04. The Labute approximate surface area is 115 Å². The van der Waals surface area contributed by atoms with Gasteiger partial charge in [-0.1, -0.05) is 0 Å². The molecule has 2 aromatic rings. The summed E-state index contributed by atoms with van der Waals surface area (Å²) < 4.78 is 19.0. The fourth-order valence-corrected chi connectivity index (χ4v) is 2.36. The SMILES string of the molecule is O=C(O)c1sccc1COc1ccc(Br)c(F)c1. The van der Waals surface area contributed by atoms with Crippen LogP contribution in [0.15, 0.2) is 34.1 Å². The molecule has 94 valence electrons. The van der Waals surface area contributed by atoms with Gasteiger partial charge in [-0.3, -0.25) is 0 Å². The van der Waals surface area contributed by atoms with E-state index in [0.29, 0.717) is 15.8 Å². The molecule has 0 saturated heterocycles. The number of carbonyl (C=O) groups is 1. The lowest BCUT2D eigenvalue weighted by Crippen LogP contribution is -2.01. The van der Waals surface area contributed by atoms with Crippen molar-refractivity contribution in [3.05, 3.63) is 50.4 Å². The van der Waals surface area contributed by atoms with Crippen molar-refractivity contribution in [2.24, 2.45) is 0 Å². The number of hydrogen-bond acceptors (Lipinski definition) is 3. The number of hydrogen-bond donors (Lipinski definition) is 1. The van der Waals surface area contributed by atoms with Crippen LogP contribution in [-0.2, 0) is 6.61 Å². The van der Waals surface area contributed by atoms with E-state index in [1.165, 1.54) is 12.1 Å². The standard InChI is InChI=1S/C12H8BrFO3S/c13-9-2-1-8(5-10(9)14)17-6-7-3-4-18-11(7)12(15)16/h1-5H,6H2,(H,15,16). The van der Waals surface area contributed by atoms with Crippen LogP contribution in [0.5, 0.6) is 5.75 Å². The molecule has 18 heavy (non-hydrogen) atoms. The zero-order valence-corrected chi connectivity index (χ0v) is 11.4. The Morgan fingerprint density at radius 1 is 1.44 bits per heavy atom. The number of benzene rings is 1. The summed E-state index contributed by atoms with van der Waals surface area (Å²) in [4.78, 5) is 11.1. The van der Waals surface area contributed by atoms with Gasteiger partial charge in [-0.15, -0.1) is 11.3 Å². The van der Waals surface area contributed by atoms with Crippen LogP contribution in [0, 0.1) is 5.82 Å². The molecule has 0 aliphatic heterocycles. The topological polar surface area (TPSA) is 46.5 Å². The molecule has 2 rings (SSSR count). The molecule has 0 unspecified atom stereocenters. The van der Waals surface area contributed by atoms with Crippen LogP contribution in [0.2, 0.25) is 0 Å². The molecular weight excluding hydrogens is 323 g/mol. The van der Waals surface area contributed by atoms with E-state index >= 15 is 0 Å². The summed E-state index contributed by atoms with van der Waals surface area (Å²) in [5, 5.41) is 10.6. The maximum Gasteiger partial charge on any atom is 0.346 e. The Morgan fingerprint density at radius 2 is 2.22 bits per heavy atom. The van der Waals surface area contributed by atoms with Crippen LogP contribution < -0.4 is 4.74 Å². The van der Waals surface area contributed by atoms with Crippen molar-refractivity contribution in [3.8, 4) is 5.75 Å². The summed E-state index contributed by atoms with van der Waals surface area (Å²) >= 11 is 4.18. The van der Waals surface area contributed by atoms with Gasteiger partial charge in [-0.05, 0) is 39.5 Å². The van der Waals surface area contributed by atoms with Gasteiger partial charge in [0.15, 0.2) is 0 Å². The Hall–Kier alpha value is -1.40. The van der Waals surface area contributed by atoms with Gasteiger partial charge in [-0.25, -0.2) is 9.18 Å². The zero-order valence-electron chi connectivity index (χ0n) is 9.02. The van der Waals surface area contributed by atoms with Crippen LogP contribution in [0.4, 0.5) is 4.39 Å². The number of halogens is 2. The van der Waals surface area contributed by atoms with Gasteiger partial charge in [0.05, 0.1) is 4.47 Å². The molecule has 0 fully saturated rings. The first kappa shape index (κ1) is 13.0. The number of thiophene rings is 1. The van der Waals surface area contributed by atoms with Gasteiger partial charge in [0.2, 0.25) is 0 Å². The average Bonchev–Trinajstić information content (AvgIpc) is 2.79. The van der Waals surface area contributed by atoms with Gasteiger partial charge in [0.1, 0.15) is 23.1 Å². The normalized spacial score (nSPS) is 10.3. The molecule has 0 amide bonds.